The fourth-order valence-corrected chi connectivity index (χ4v) is 0.955. The number of nitrogen functional groups attached to an aromatic ring is 1. The molecule has 0 unspecified atom stereocenters. The summed E-state index contributed by atoms with van der Waals surface area (Å²) in [5, 5.41) is 7.78. The molecule has 1 heterocycles. The molecule has 0 bridgehead atoms. The highest BCUT2D eigenvalue weighted by molar-refractivity contribution is 5.86. The predicted octanol–water partition coefficient (Wildman–Crippen LogP) is 2.41. The number of benzene rings is 1. The lowest BCUT2D eigenvalue weighted by molar-refractivity contribution is 1.12. The van der Waals surface area contributed by atoms with Crippen LogP contribution in [0.4, 0.5) is 5.69 Å². The van der Waals surface area contributed by atoms with E-state index in [-0.39, 0.29) is 37.2 Å². The van der Waals surface area contributed by atoms with Crippen molar-refractivity contribution in [2.45, 2.75) is 0 Å². The van der Waals surface area contributed by atoms with E-state index in [9.17, 15) is 0 Å². The number of anilines is 1. The summed E-state index contributed by atoms with van der Waals surface area (Å²) in [5.41, 5.74) is 7.28. The van der Waals surface area contributed by atoms with Crippen LogP contribution in [0.2, 0.25) is 0 Å². The summed E-state index contributed by atoms with van der Waals surface area (Å²) in [6.45, 7) is 0. The maximum absolute atomic E-state index is 5.54. The van der Waals surface area contributed by atoms with Crippen LogP contribution in [0.15, 0.2) is 24.4 Å². The van der Waals surface area contributed by atoms with Gasteiger partial charge in [-0.1, -0.05) is 0 Å². The molecule has 0 radical (unpaired) electrons. The average molecular weight is 243 g/mol. The van der Waals surface area contributed by atoms with Crippen molar-refractivity contribution in [2.75, 3.05) is 5.73 Å². The highest BCUT2D eigenvalue weighted by atomic mass is 35.5. The van der Waals surface area contributed by atoms with Gasteiger partial charge in [0.1, 0.15) is 0 Å². The van der Waals surface area contributed by atoms with Gasteiger partial charge in [-0.3, -0.25) is 5.10 Å². The second-order valence-electron chi connectivity index (χ2n) is 2.22. The summed E-state index contributed by atoms with van der Waals surface area (Å²) >= 11 is 0. The molecule has 0 aliphatic carbocycles. The second-order valence-corrected chi connectivity index (χ2v) is 2.22. The van der Waals surface area contributed by atoms with Crippen molar-refractivity contribution in [1.82, 2.24) is 10.2 Å². The van der Waals surface area contributed by atoms with E-state index in [1.54, 1.807) is 6.20 Å². The largest absolute Gasteiger partial charge is 0.399 e. The molecule has 74 valence electrons. The number of H-pyrrole nitrogens is 1. The molecule has 1 aromatic carbocycles. The van der Waals surface area contributed by atoms with Crippen molar-refractivity contribution in [2.24, 2.45) is 0 Å². The summed E-state index contributed by atoms with van der Waals surface area (Å²) in [7, 11) is 0. The van der Waals surface area contributed by atoms with Crippen molar-refractivity contribution in [3.05, 3.63) is 24.4 Å². The van der Waals surface area contributed by atoms with Crippen LogP contribution >= 0.6 is 37.2 Å². The number of nitrogens with one attached hydrogen (secondary N) is 1. The normalized spacial score (nSPS) is 8.00. The lowest BCUT2D eigenvalue weighted by atomic mass is 10.2. The molecule has 0 atom stereocenters. The van der Waals surface area contributed by atoms with Crippen molar-refractivity contribution < 1.29 is 0 Å². The Hall–Kier alpha value is -0.640. The topological polar surface area (TPSA) is 54.7 Å². The molecular weight excluding hydrogens is 232 g/mol. The Labute approximate surface area is 94.3 Å². The summed E-state index contributed by atoms with van der Waals surface area (Å²) in [6, 6.07) is 5.66. The summed E-state index contributed by atoms with van der Waals surface area (Å²) in [4.78, 5) is 0. The van der Waals surface area contributed by atoms with Crippen LogP contribution in [0, 0.1) is 0 Å². The van der Waals surface area contributed by atoms with E-state index in [1.807, 2.05) is 18.2 Å². The minimum atomic E-state index is 0. The smallest absolute Gasteiger partial charge is 0.0670 e. The van der Waals surface area contributed by atoms with Crippen LogP contribution in [0.25, 0.3) is 10.9 Å². The number of rotatable bonds is 0. The first-order valence-electron chi connectivity index (χ1n) is 3.05. The van der Waals surface area contributed by atoms with Crippen LogP contribution in [-0.4, -0.2) is 10.2 Å². The van der Waals surface area contributed by atoms with Gasteiger partial charge < -0.3 is 5.73 Å². The maximum Gasteiger partial charge on any atom is 0.0670 e. The van der Waals surface area contributed by atoms with Gasteiger partial charge >= 0.3 is 0 Å². The number of fused-ring (bicyclic) bond motifs is 1. The summed E-state index contributed by atoms with van der Waals surface area (Å²) in [6.07, 6.45) is 1.77. The number of hydrogen-bond donors (Lipinski definition) is 2. The maximum atomic E-state index is 5.54. The lowest BCUT2D eigenvalue weighted by Gasteiger charge is -1.89. The van der Waals surface area contributed by atoms with Gasteiger partial charge in [-0.15, -0.1) is 37.2 Å². The third-order valence-corrected chi connectivity index (χ3v) is 1.47. The molecule has 3 N–H and O–H groups in total. The molecule has 0 amide bonds. The molecule has 13 heavy (non-hydrogen) atoms. The molecule has 6 heteroatoms. The van der Waals surface area contributed by atoms with E-state index >= 15 is 0 Å². The van der Waals surface area contributed by atoms with Gasteiger partial charge in [0.25, 0.3) is 0 Å². The lowest BCUT2D eigenvalue weighted by Crippen LogP contribution is -1.81. The first-order valence-corrected chi connectivity index (χ1v) is 3.05. The van der Waals surface area contributed by atoms with E-state index in [0.717, 1.165) is 16.6 Å². The zero-order valence-electron chi connectivity index (χ0n) is 6.56. The van der Waals surface area contributed by atoms with E-state index in [1.165, 1.54) is 0 Å². The van der Waals surface area contributed by atoms with Crippen LogP contribution in [-0.2, 0) is 0 Å². The van der Waals surface area contributed by atoms with Crippen LogP contribution < -0.4 is 5.73 Å². The molecule has 2 aromatic rings. The molecule has 0 aliphatic heterocycles. The minimum Gasteiger partial charge on any atom is -0.399 e. The molecule has 2 rings (SSSR count). The summed E-state index contributed by atoms with van der Waals surface area (Å²) < 4.78 is 0. The minimum absolute atomic E-state index is 0. The van der Waals surface area contributed by atoms with Crippen molar-refractivity contribution in [3.63, 3.8) is 0 Å². The van der Waals surface area contributed by atoms with E-state index in [2.05, 4.69) is 10.2 Å². The molecule has 0 spiro atoms. The van der Waals surface area contributed by atoms with Crippen molar-refractivity contribution in [3.8, 4) is 0 Å². The molecule has 3 nitrogen and oxygen atoms in total. The van der Waals surface area contributed by atoms with E-state index < -0.39 is 0 Å². The zero-order chi connectivity index (χ0) is 6.97. The molecule has 1 aromatic heterocycles. The Balaban J connectivity index is 0. The first-order chi connectivity index (χ1) is 4.86. The molecule has 0 aliphatic rings. The Kier molecular flexibility index (Phi) is 6.76. The number of aromatic amines is 1. The SMILES string of the molecule is Cl.Cl.Cl.Nc1ccc2cn[nH]c2c1. The van der Waals surface area contributed by atoms with Crippen LogP contribution in [0.5, 0.6) is 0 Å². The third-order valence-electron chi connectivity index (χ3n) is 1.47. The number of nitrogens with two attached hydrogens (primary N) is 1. The molecular formula is C7H10Cl3N3. The Morgan fingerprint density at radius 3 is 2.54 bits per heavy atom. The van der Waals surface area contributed by atoms with Gasteiger partial charge in [-0.2, -0.15) is 5.10 Å². The molecule has 0 saturated heterocycles. The fraction of sp³-hybridized carbons (Fsp3) is 0. The highest BCUT2D eigenvalue weighted by Gasteiger charge is 1.92. The van der Waals surface area contributed by atoms with Crippen molar-refractivity contribution >= 4 is 53.8 Å². The monoisotopic (exact) mass is 241 g/mol. The fourth-order valence-electron chi connectivity index (χ4n) is 0.955. The Morgan fingerprint density at radius 2 is 1.85 bits per heavy atom. The third kappa shape index (κ3) is 2.95. The van der Waals surface area contributed by atoms with Gasteiger partial charge in [-0.05, 0) is 18.2 Å². The quantitative estimate of drug-likeness (QED) is 0.697. The molecule has 0 fully saturated rings. The standard InChI is InChI=1S/C7H7N3.3ClH/c8-6-2-1-5-4-9-10-7(5)3-6;;;/h1-4H,8H2,(H,9,10);3*1H. The Bertz CT molecular complexity index is 361. The van der Waals surface area contributed by atoms with Gasteiger partial charge in [-0.25, -0.2) is 0 Å². The highest BCUT2D eigenvalue weighted by Crippen LogP contribution is 2.12. The summed E-state index contributed by atoms with van der Waals surface area (Å²) in [5.74, 6) is 0. The average Bonchev–Trinajstić information content (AvgIpc) is 2.33. The number of hydrogen-bond acceptors (Lipinski definition) is 2. The molecule has 0 saturated carbocycles. The number of halogens is 3. The number of nitrogens with zero attached hydrogens (tertiary/aromatic N) is 1. The van der Waals surface area contributed by atoms with Crippen LogP contribution in [0.3, 0.4) is 0 Å². The van der Waals surface area contributed by atoms with Crippen LogP contribution in [0.1, 0.15) is 0 Å². The van der Waals surface area contributed by atoms with Crippen molar-refractivity contribution in [1.29, 1.82) is 0 Å². The first kappa shape index (κ1) is 14.9. The van der Waals surface area contributed by atoms with E-state index in [0.29, 0.717) is 0 Å². The van der Waals surface area contributed by atoms with E-state index in [4.69, 9.17) is 5.73 Å². The zero-order valence-corrected chi connectivity index (χ0v) is 9.01. The van der Waals surface area contributed by atoms with Gasteiger partial charge in [0, 0.05) is 11.1 Å². The van der Waals surface area contributed by atoms with Gasteiger partial charge in [0.15, 0.2) is 0 Å². The number of aromatic nitrogens is 2. The Morgan fingerprint density at radius 1 is 1.15 bits per heavy atom. The van der Waals surface area contributed by atoms with Gasteiger partial charge in [0.2, 0.25) is 0 Å². The van der Waals surface area contributed by atoms with Gasteiger partial charge in [0.05, 0.1) is 11.7 Å². The second kappa shape index (κ2) is 5.91. The predicted molar refractivity (Wildman–Crippen MR) is 62.3 cm³/mol.